The second kappa shape index (κ2) is 8.85. The van der Waals surface area contributed by atoms with Gasteiger partial charge in [-0.2, -0.15) is 0 Å². The molecule has 2 aromatic carbocycles. The second-order valence-corrected chi connectivity index (χ2v) is 9.21. The van der Waals surface area contributed by atoms with E-state index in [0.29, 0.717) is 12.8 Å². The SMILES string of the molecule is CCCCCn1c(O)c2ccc3c(=O)n(CCCCC)c(=O)c4c5[nH]c(=O)c(=O)nc5c(c1=O)c2c34. The minimum Gasteiger partial charge on any atom is -0.494 e. The highest BCUT2D eigenvalue weighted by Gasteiger charge is 2.26. The largest absolute Gasteiger partial charge is 0.494 e. The number of benzene rings is 2. The van der Waals surface area contributed by atoms with Gasteiger partial charge in [-0.25, -0.2) is 4.98 Å². The summed E-state index contributed by atoms with van der Waals surface area (Å²) in [5, 5.41) is 11.9. The van der Waals surface area contributed by atoms with Crippen molar-refractivity contribution in [2.45, 2.75) is 65.5 Å². The van der Waals surface area contributed by atoms with Gasteiger partial charge in [0.2, 0.25) is 5.88 Å². The Balaban J connectivity index is 2.06. The monoisotopic (exact) mass is 490 g/mol. The summed E-state index contributed by atoms with van der Waals surface area (Å²) in [6.07, 6.45) is 4.71. The summed E-state index contributed by atoms with van der Waals surface area (Å²) in [4.78, 5) is 71.7. The van der Waals surface area contributed by atoms with Gasteiger partial charge in [0.1, 0.15) is 5.52 Å². The lowest BCUT2D eigenvalue weighted by Crippen LogP contribution is -2.35. The topological polar surface area (TPSA) is 144 Å². The fourth-order valence-corrected chi connectivity index (χ4v) is 5.15. The van der Waals surface area contributed by atoms with E-state index >= 15 is 0 Å². The highest BCUT2D eigenvalue weighted by molar-refractivity contribution is 6.32. The van der Waals surface area contributed by atoms with Crippen molar-refractivity contribution in [2.75, 3.05) is 0 Å². The van der Waals surface area contributed by atoms with E-state index in [4.69, 9.17) is 0 Å². The Hall–Kier alpha value is -4.08. The van der Waals surface area contributed by atoms with E-state index in [-0.39, 0.29) is 62.3 Å². The van der Waals surface area contributed by atoms with Crippen molar-refractivity contribution in [1.29, 1.82) is 0 Å². The number of hydrogen-bond donors (Lipinski definition) is 2. The maximum atomic E-state index is 13.7. The highest BCUT2D eigenvalue weighted by atomic mass is 16.3. The number of nitrogens with one attached hydrogen (secondary N) is 1. The van der Waals surface area contributed by atoms with Crippen LogP contribution in [0.2, 0.25) is 0 Å². The van der Waals surface area contributed by atoms with Crippen molar-refractivity contribution in [1.82, 2.24) is 19.1 Å². The minimum absolute atomic E-state index is 0.00123. The first-order valence-corrected chi connectivity index (χ1v) is 12.3. The molecule has 0 aliphatic heterocycles. The third-order valence-electron chi connectivity index (χ3n) is 6.94. The zero-order valence-electron chi connectivity index (χ0n) is 20.1. The number of aromatic hydroxyl groups is 1. The number of unbranched alkanes of at least 4 members (excludes halogenated alkanes) is 4. The molecule has 0 bridgehead atoms. The van der Waals surface area contributed by atoms with Gasteiger partial charge < -0.3 is 10.1 Å². The molecule has 3 heterocycles. The van der Waals surface area contributed by atoms with Crippen LogP contribution in [0.1, 0.15) is 52.4 Å². The second-order valence-electron chi connectivity index (χ2n) is 9.21. The lowest BCUT2D eigenvalue weighted by Gasteiger charge is -2.18. The van der Waals surface area contributed by atoms with Crippen molar-refractivity contribution in [3.63, 3.8) is 0 Å². The molecule has 186 valence electrons. The van der Waals surface area contributed by atoms with Crippen LogP contribution in [0, 0.1) is 0 Å². The molecule has 2 N–H and O–H groups in total. The normalized spacial score (nSPS) is 12.1. The number of H-pyrrole nitrogens is 1. The number of fused-ring (bicyclic) bond motifs is 3. The number of hydrogen-bond acceptors (Lipinski definition) is 7. The zero-order chi connectivity index (χ0) is 25.7. The molecule has 10 nitrogen and oxygen atoms in total. The van der Waals surface area contributed by atoms with E-state index in [0.717, 1.165) is 30.3 Å². The van der Waals surface area contributed by atoms with Crippen molar-refractivity contribution in [3.05, 3.63) is 63.9 Å². The number of pyridine rings is 2. The first kappa shape index (κ1) is 23.7. The predicted octanol–water partition coefficient (Wildman–Crippen LogP) is 2.39. The van der Waals surface area contributed by atoms with Gasteiger partial charge in [-0.15, -0.1) is 0 Å². The zero-order valence-corrected chi connectivity index (χ0v) is 20.1. The van der Waals surface area contributed by atoms with Crippen LogP contribution in [0.5, 0.6) is 5.88 Å². The van der Waals surface area contributed by atoms with E-state index in [2.05, 4.69) is 9.97 Å². The van der Waals surface area contributed by atoms with Crippen LogP contribution in [0.3, 0.4) is 0 Å². The molecule has 36 heavy (non-hydrogen) atoms. The third-order valence-corrected chi connectivity index (χ3v) is 6.94. The summed E-state index contributed by atoms with van der Waals surface area (Å²) in [6.45, 7) is 4.45. The first-order valence-electron chi connectivity index (χ1n) is 12.3. The van der Waals surface area contributed by atoms with Crippen molar-refractivity contribution < 1.29 is 5.11 Å². The molecule has 10 heteroatoms. The molecule has 0 atom stereocenters. The van der Waals surface area contributed by atoms with E-state index in [9.17, 15) is 29.1 Å². The molecular formula is C26H26N4O6. The van der Waals surface area contributed by atoms with Gasteiger partial charge in [0, 0.05) is 34.6 Å². The number of aromatic nitrogens is 4. The van der Waals surface area contributed by atoms with Gasteiger partial charge in [-0.05, 0) is 25.0 Å². The van der Waals surface area contributed by atoms with E-state index in [1.54, 1.807) is 6.07 Å². The van der Waals surface area contributed by atoms with Gasteiger partial charge in [0.25, 0.3) is 16.7 Å². The van der Waals surface area contributed by atoms with Gasteiger partial charge in [-0.3, -0.25) is 33.1 Å². The van der Waals surface area contributed by atoms with Crippen LogP contribution in [-0.4, -0.2) is 24.2 Å². The van der Waals surface area contributed by atoms with Crippen molar-refractivity contribution in [3.8, 4) is 5.88 Å². The van der Waals surface area contributed by atoms with E-state index in [1.807, 2.05) is 13.8 Å². The van der Waals surface area contributed by atoms with Crippen LogP contribution in [0.4, 0.5) is 0 Å². The first-order chi connectivity index (χ1) is 17.3. The molecule has 3 aromatic heterocycles. The molecule has 0 amide bonds. The number of aromatic amines is 1. The number of nitrogens with zero attached hydrogens (tertiary/aromatic N) is 3. The fourth-order valence-electron chi connectivity index (χ4n) is 5.15. The molecule has 0 saturated heterocycles. The lowest BCUT2D eigenvalue weighted by atomic mass is 9.94. The third kappa shape index (κ3) is 3.31. The quantitative estimate of drug-likeness (QED) is 0.147. The Morgan fingerprint density at radius 1 is 0.750 bits per heavy atom. The Kier molecular flexibility index (Phi) is 5.82. The molecule has 0 fully saturated rings. The molecule has 0 spiro atoms. The smallest absolute Gasteiger partial charge is 0.335 e. The standard InChI is InChI=1S/C26H26N4O6/c1-3-5-7-11-29-23(33)13-9-10-14-16-15(13)17(25(29)35)19-20(28-22(32)21(31)27-19)18(16)26(36)30(24(14)34)12-8-6-4-2/h9-10,33H,3-8,11-12H2,1-2H3,(H,28,32). The predicted molar refractivity (Wildman–Crippen MR) is 139 cm³/mol. The van der Waals surface area contributed by atoms with Gasteiger partial charge in [0.15, 0.2) is 0 Å². The molecule has 0 radical (unpaired) electrons. The lowest BCUT2D eigenvalue weighted by molar-refractivity contribution is 0.408. The van der Waals surface area contributed by atoms with Crippen molar-refractivity contribution >= 4 is 43.4 Å². The minimum atomic E-state index is -1.09. The summed E-state index contributed by atoms with van der Waals surface area (Å²) in [5.41, 5.74) is -4.03. The Morgan fingerprint density at radius 2 is 1.33 bits per heavy atom. The summed E-state index contributed by atoms with van der Waals surface area (Å²) in [6, 6.07) is 3.08. The average molecular weight is 491 g/mol. The Morgan fingerprint density at radius 3 is 2.00 bits per heavy atom. The molecule has 0 unspecified atom stereocenters. The summed E-state index contributed by atoms with van der Waals surface area (Å²) in [7, 11) is 0. The van der Waals surface area contributed by atoms with Crippen LogP contribution in [-0.2, 0) is 13.1 Å². The van der Waals surface area contributed by atoms with Gasteiger partial charge >= 0.3 is 11.1 Å². The highest BCUT2D eigenvalue weighted by Crippen LogP contribution is 2.38. The molecule has 5 aromatic rings. The maximum absolute atomic E-state index is 13.7. The summed E-state index contributed by atoms with van der Waals surface area (Å²) in [5.74, 6) is -0.280. The molecule has 0 saturated carbocycles. The van der Waals surface area contributed by atoms with Crippen LogP contribution in [0.25, 0.3) is 43.4 Å². The maximum Gasteiger partial charge on any atom is 0.335 e. The van der Waals surface area contributed by atoms with Crippen LogP contribution in [0.15, 0.2) is 36.1 Å². The molecular weight excluding hydrogens is 464 g/mol. The van der Waals surface area contributed by atoms with E-state index < -0.39 is 27.8 Å². The summed E-state index contributed by atoms with van der Waals surface area (Å²) >= 11 is 0. The Bertz CT molecular complexity index is 1940. The van der Waals surface area contributed by atoms with E-state index in [1.165, 1.54) is 10.6 Å². The average Bonchev–Trinajstić information content (AvgIpc) is 2.85. The number of rotatable bonds is 8. The van der Waals surface area contributed by atoms with Crippen LogP contribution >= 0.6 is 0 Å². The molecule has 0 aliphatic carbocycles. The van der Waals surface area contributed by atoms with Gasteiger partial charge in [-0.1, -0.05) is 39.5 Å². The molecule has 0 aliphatic rings. The Labute approximate surface area is 203 Å². The molecule has 5 rings (SSSR count). The fraction of sp³-hybridized carbons (Fsp3) is 0.385. The summed E-state index contributed by atoms with van der Waals surface area (Å²) < 4.78 is 2.35. The van der Waals surface area contributed by atoms with Crippen molar-refractivity contribution in [2.24, 2.45) is 0 Å². The van der Waals surface area contributed by atoms with Crippen LogP contribution < -0.4 is 27.8 Å². The van der Waals surface area contributed by atoms with Gasteiger partial charge in [0.05, 0.1) is 16.3 Å².